The van der Waals surface area contributed by atoms with Crippen molar-refractivity contribution in [2.45, 2.75) is 39.2 Å². The fourth-order valence-electron chi connectivity index (χ4n) is 2.07. The average molecular weight is 282 g/mol. The topological polar surface area (TPSA) is 38.3 Å². The summed E-state index contributed by atoms with van der Waals surface area (Å²) >= 11 is 6.03. The van der Waals surface area contributed by atoms with Crippen LogP contribution in [0.2, 0.25) is 5.02 Å². The molecule has 1 aliphatic rings. The lowest BCUT2D eigenvalue weighted by atomic mass is 10.1. The molecule has 1 N–H and O–H groups in total. The van der Waals surface area contributed by atoms with Crippen LogP contribution in [0, 0.1) is 5.92 Å². The molecule has 0 aromatic heterocycles. The summed E-state index contributed by atoms with van der Waals surface area (Å²) in [5.74, 6) is 1.29. The van der Waals surface area contributed by atoms with Crippen molar-refractivity contribution < 1.29 is 9.53 Å². The van der Waals surface area contributed by atoms with Gasteiger partial charge in [0.1, 0.15) is 5.75 Å². The summed E-state index contributed by atoms with van der Waals surface area (Å²) in [7, 11) is 0. The fraction of sp³-hybridized carbons (Fsp3) is 0.533. The molecule has 0 spiro atoms. The van der Waals surface area contributed by atoms with Crippen LogP contribution in [0.15, 0.2) is 18.2 Å². The minimum Gasteiger partial charge on any atom is -0.484 e. The quantitative estimate of drug-likeness (QED) is 0.870. The number of nitrogens with one attached hydrogen (secondary N) is 1. The van der Waals surface area contributed by atoms with E-state index in [0.717, 1.165) is 17.0 Å². The van der Waals surface area contributed by atoms with Gasteiger partial charge in [0.25, 0.3) is 5.91 Å². The first-order chi connectivity index (χ1) is 9.10. The van der Waals surface area contributed by atoms with E-state index in [2.05, 4.69) is 5.32 Å². The second-order valence-corrected chi connectivity index (χ2v) is 5.50. The molecule has 1 atom stereocenters. The summed E-state index contributed by atoms with van der Waals surface area (Å²) in [6.07, 6.45) is 3.29. The summed E-state index contributed by atoms with van der Waals surface area (Å²) in [5.41, 5.74) is 1.03. The Morgan fingerprint density at radius 2 is 2.26 bits per heavy atom. The molecule has 1 saturated carbocycles. The van der Waals surface area contributed by atoms with E-state index in [-0.39, 0.29) is 18.6 Å². The first-order valence-corrected chi connectivity index (χ1v) is 7.18. The van der Waals surface area contributed by atoms with Crippen LogP contribution < -0.4 is 10.1 Å². The normalized spacial score (nSPS) is 15.9. The molecule has 1 aromatic carbocycles. The third kappa shape index (κ3) is 4.13. The molecule has 0 aliphatic heterocycles. The van der Waals surface area contributed by atoms with Crippen molar-refractivity contribution in [3.05, 3.63) is 28.8 Å². The van der Waals surface area contributed by atoms with Crippen LogP contribution in [-0.4, -0.2) is 18.6 Å². The van der Waals surface area contributed by atoms with Crippen molar-refractivity contribution in [2.75, 3.05) is 6.61 Å². The standard InChI is InChI=1S/C15H20ClNO2/c1-3-11-8-13(6-7-14(11)16)19-9-15(18)17-10(2)12-4-5-12/h6-8,10,12H,3-5,9H2,1-2H3,(H,17,18). The molecule has 104 valence electrons. The Bertz CT molecular complexity index is 457. The molecular weight excluding hydrogens is 262 g/mol. The van der Waals surface area contributed by atoms with Crippen molar-refractivity contribution in [3.8, 4) is 5.75 Å². The number of hydrogen-bond acceptors (Lipinski definition) is 2. The Kier molecular flexibility index (Phi) is 4.70. The van der Waals surface area contributed by atoms with Gasteiger partial charge in [-0.1, -0.05) is 18.5 Å². The van der Waals surface area contributed by atoms with Gasteiger partial charge in [0.15, 0.2) is 6.61 Å². The van der Waals surface area contributed by atoms with E-state index in [4.69, 9.17) is 16.3 Å². The van der Waals surface area contributed by atoms with E-state index in [9.17, 15) is 4.79 Å². The highest BCUT2D eigenvalue weighted by atomic mass is 35.5. The fourth-order valence-corrected chi connectivity index (χ4v) is 2.32. The summed E-state index contributed by atoms with van der Waals surface area (Å²) in [6.45, 7) is 4.14. The summed E-state index contributed by atoms with van der Waals surface area (Å²) in [6, 6.07) is 5.74. The van der Waals surface area contributed by atoms with Gasteiger partial charge in [-0.3, -0.25) is 4.79 Å². The van der Waals surface area contributed by atoms with E-state index in [0.29, 0.717) is 11.7 Å². The lowest BCUT2D eigenvalue weighted by Crippen LogP contribution is -2.37. The molecule has 1 aliphatic carbocycles. The van der Waals surface area contributed by atoms with Gasteiger partial charge in [-0.05, 0) is 55.9 Å². The number of benzene rings is 1. The number of carbonyl (C=O) groups excluding carboxylic acids is 1. The summed E-state index contributed by atoms with van der Waals surface area (Å²) in [4.78, 5) is 11.7. The highest BCUT2D eigenvalue weighted by Gasteiger charge is 2.28. The number of rotatable bonds is 6. The smallest absolute Gasteiger partial charge is 0.258 e. The Balaban J connectivity index is 1.82. The minimum atomic E-state index is -0.0626. The van der Waals surface area contributed by atoms with Crippen molar-refractivity contribution in [1.29, 1.82) is 0 Å². The Morgan fingerprint density at radius 3 is 2.89 bits per heavy atom. The van der Waals surface area contributed by atoms with Crippen LogP contribution >= 0.6 is 11.6 Å². The first kappa shape index (κ1) is 14.2. The lowest BCUT2D eigenvalue weighted by molar-refractivity contribution is -0.123. The van der Waals surface area contributed by atoms with Gasteiger partial charge in [-0.25, -0.2) is 0 Å². The monoisotopic (exact) mass is 281 g/mol. The van der Waals surface area contributed by atoms with E-state index in [1.54, 1.807) is 12.1 Å². The summed E-state index contributed by atoms with van der Waals surface area (Å²) < 4.78 is 5.50. The molecule has 1 fully saturated rings. The molecule has 2 rings (SSSR count). The van der Waals surface area contributed by atoms with Gasteiger partial charge in [-0.15, -0.1) is 0 Å². The van der Waals surface area contributed by atoms with Crippen molar-refractivity contribution in [3.63, 3.8) is 0 Å². The molecule has 0 saturated heterocycles. The van der Waals surface area contributed by atoms with Crippen LogP contribution in [0.1, 0.15) is 32.3 Å². The van der Waals surface area contributed by atoms with E-state index in [1.807, 2.05) is 19.9 Å². The van der Waals surface area contributed by atoms with Gasteiger partial charge < -0.3 is 10.1 Å². The number of amides is 1. The Morgan fingerprint density at radius 1 is 1.53 bits per heavy atom. The maximum atomic E-state index is 11.7. The van der Waals surface area contributed by atoms with Crippen molar-refractivity contribution in [1.82, 2.24) is 5.32 Å². The number of ether oxygens (including phenoxy) is 1. The molecular formula is C15H20ClNO2. The third-order valence-corrected chi connectivity index (χ3v) is 3.85. The van der Waals surface area contributed by atoms with Crippen LogP contribution in [0.3, 0.4) is 0 Å². The van der Waals surface area contributed by atoms with Gasteiger partial charge in [0.2, 0.25) is 0 Å². The average Bonchev–Trinajstić information content (AvgIpc) is 3.22. The zero-order valence-corrected chi connectivity index (χ0v) is 12.2. The molecule has 1 unspecified atom stereocenters. The molecule has 1 amide bonds. The number of halogens is 1. The number of aryl methyl sites for hydroxylation is 1. The molecule has 1 aromatic rings. The minimum absolute atomic E-state index is 0.0574. The second-order valence-electron chi connectivity index (χ2n) is 5.09. The number of hydrogen-bond donors (Lipinski definition) is 1. The predicted octanol–water partition coefficient (Wildman–Crippen LogP) is 3.20. The van der Waals surface area contributed by atoms with E-state index < -0.39 is 0 Å². The molecule has 4 heteroatoms. The Labute approximate surface area is 119 Å². The molecule has 0 heterocycles. The Hall–Kier alpha value is -1.22. The summed E-state index contributed by atoms with van der Waals surface area (Å²) in [5, 5.41) is 3.70. The van der Waals surface area contributed by atoms with Gasteiger partial charge in [-0.2, -0.15) is 0 Å². The van der Waals surface area contributed by atoms with Gasteiger partial charge >= 0.3 is 0 Å². The zero-order chi connectivity index (χ0) is 13.8. The van der Waals surface area contributed by atoms with E-state index in [1.165, 1.54) is 12.8 Å². The van der Waals surface area contributed by atoms with Crippen LogP contribution in [0.4, 0.5) is 0 Å². The van der Waals surface area contributed by atoms with Crippen LogP contribution in [-0.2, 0) is 11.2 Å². The van der Waals surface area contributed by atoms with Crippen molar-refractivity contribution >= 4 is 17.5 Å². The lowest BCUT2D eigenvalue weighted by Gasteiger charge is -2.13. The molecule has 3 nitrogen and oxygen atoms in total. The van der Waals surface area contributed by atoms with Crippen molar-refractivity contribution in [2.24, 2.45) is 5.92 Å². The molecule has 19 heavy (non-hydrogen) atoms. The predicted molar refractivity (Wildman–Crippen MR) is 76.7 cm³/mol. The van der Waals surface area contributed by atoms with Gasteiger partial charge in [0.05, 0.1) is 0 Å². The third-order valence-electron chi connectivity index (χ3n) is 3.49. The van der Waals surface area contributed by atoms with E-state index >= 15 is 0 Å². The second kappa shape index (κ2) is 6.29. The first-order valence-electron chi connectivity index (χ1n) is 6.80. The maximum absolute atomic E-state index is 11.7. The maximum Gasteiger partial charge on any atom is 0.258 e. The largest absolute Gasteiger partial charge is 0.484 e. The number of carbonyl (C=O) groups is 1. The highest BCUT2D eigenvalue weighted by molar-refractivity contribution is 6.31. The molecule has 0 bridgehead atoms. The van der Waals surface area contributed by atoms with Crippen LogP contribution in [0.25, 0.3) is 0 Å². The zero-order valence-electron chi connectivity index (χ0n) is 11.4. The van der Waals surface area contributed by atoms with Crippen LogP contribution in [0.5, 0.6) is 5.75 Å². The highest BCUT2D eigenvalue weighted by Crippen LogP contribution is 2.32. The molecule has 0 radical (unpaired) electrons. The van der Waals surface area contributed by atoms with Gasteiger partial charge in [0, 0.05) is 11.1 Å². The SMILES string of the molecule is CCc1cc(OCC(=O)NC(C)C2CC2)ccc1Cl.